The first-order chi connectivity index (χ1) is 9.60. The van der Waals surface area contributed by atoms with Crippen molar-refractivity contribution in [2.45, 2.75) is 39.7 Å². The SMILES string of the molecule is Cc1cccc(C(=O)O)c1NC(=O)CC(=O)OC(C)(C)C. The van der Waals surface area contributed by atoms with Gasteiger partial charge in [-0.15, -0.1) is 0 Å². The second-order valence-electron chi connectivity index (χ2n) is 5.61. The van der Waals surface area contributed by atoms with Crippen molar-refractivity contribution in [2.75, 3.05) is 5.32 Å². The van der Waals surface area contributed by atoms with E-state index in [4.69, 9.17) is 9.84 Å². The van der Waals surface area contributed by atoms with Crippen molar-refractivity contribution in [1.82, 2.24) is 0 Å². The van der Waals surface area contributed by atoms with E-state index in [-0.39, 0.29) is 11.3 Å². The molecule has 1 amide bonds. The third-order valence-electron chi connectivity index (χ3n) is 2.49. The van der Waals surface area contributed by atoms with E-state index in [0.717, 1.165) is 0 Å². The largest absolute Gasteiger partial charge is 0.478 e. The highest BCUT2D eigenvalue weighted by atomic mass is 16.6. The third kappa shape index (κ3) is 5.25. The van der Waals surface area contributed by atoms with Gasteiger partial charge in [0.2, 0.25) is 5.91 Å². The molecule has 0 aliphatic heterocycles. The Hall–Kier alpha value is -2.37. The molecule has 0 unspecified atom stereocenters. The number of nitrogens with one attached hydrogen (secondary N) is 1. The highest BCUT2D eigenvalue weighted by Gasteiger charge is 2.20. The third-order valence-corrected chi connectivity index (χ3v) is 2.49. The molecule has 1 rings (SSSR count). The van der Waals surface area contributed by atoms with E-state index in [9.17, 15) is 14.4 Å². The molecule has 114 valence electrons. The van der Waals surface area contributed by atoms with E-state index >= 15 is 0 Å². The number of aryl methyl sites for hydroxylation is 1. The molecule has 2 N–H and O–H groups in total. The molecule has 21 heavy (non-hydrogen) atoms. The highest BCUT2D eigenvalue weighted by Crippen LogP contribution is 2.21. The quantitative estimate of drug-likeness (QED) is 0.656. The van der Waals surface area contributed by atoms with Crippen LogP contribution in [0, 0.1) is 6.92 Å². The fourth-order valence-electron chi connectivity index (χ4n) is 1.70. The van der Waals surface area contributed by atoms with Crippen LogP contribution < -0.4 is 5.32 Å². The zero-order chi connectivity index (χ0) is 16.2. The lowest BCUT2D eigenvalue weighted by Crippen LogP contribution is -2.27. The van der Waals surface area contributed by atoms with Gasteiger partial charge in [-0.1, -0.05) is 12.1 Å². The number of aromatic carboxylic acids is 1. The van der Waals surface area contributed by atoms with Crippen LogP contribution in [0.5, 0.6) is 0 Å². The maximum Gasteiger partial charge on any atom is 0.337 e. The van der Waals surface area contributed by atoms with E-state index in [2.05, 4.69) is 5.32 Å². The average molecular weight is 293 g/mol. The predicted molar refractivity (Wildman–Crippen MR) is 77.2 cm³/mol. The van der Waals surface area contributed by atoms with Crippen LogP contribution in [0.4, 0.5) is 5.69 Å². The summed E-state index contributed by atoms with van der Waals surface area (Å²) in [6.45, 7) is 6.78. The lowest BCUT2D eigenvalue weighted by Gasteiger charge is -2.19. The highest BCUT2D eigenvalue weighted by molar-refractivity contribution is 6.06. The number of benzene rings is 1. The van der Waals surface area contributed by atoms with Gasteiger partial charge in [-0.05, 0) is 39.3 Å². The molecule has 0 heterocycles. The first-order valence-corrected chi connectivity index (χ1v) is 6.45. The maximum absolute atomic E-state index is 11.8. The number of carboxylic acids is 1. The molecule has 1 aromatic rings. The van der Waals surface area contributed by atoms with Crippen molar-refractivity contribution in [2.24, 2.45) is 0 Å². The fourth-order valence-corrected chi connectivity index (χ4v) is 1.70. The zero-order valence-electron chi connectivity index (χ0n) is 12.5. The number of amides is 1. The summed E-state index contributed by atoms with van der Waals surface area (Å²) in [4.78, 5) is 34.5. The number of esters is 1. The minimum absolute atomic E-state index is 0.0208. The van der Waals surface area contributed by atoms with Crippen LogP contribution in [0.25, 0.3) is 0 Å². The molecular formula is C15H19NO5. The topological polar surface area (TPSA) is 92.7 Å². The van der Waals surface area contributed by atoms with Crippen LogP contribution in [0.2, 0.25) is 0 Å². The standard InChI is InChI=1S/C15H19NO5/c1-9-6-5-7-10(14(19)20)13(9)16-11(17)8-12(18)21-15(2,3)4/h5-7H,8H2,1-4H3,(H,16,17)(H,19,20). The summed E-state index contributed by atoms with van der Waals surface area (Å²) in [5.74, 6) is -2.42. The van der Waals surface area contributed by atoms with E-state index in [1.165, 1.54) is 6.07 Å². The molecule has 0 radical (unpaired) electrons. The number of hydrogen-bond acceptors (Lipinski definition) is 4. The van der Waals surface area contributed by atoms with Crippen molar-refractivity contribution in [1.29, 1.82) is 0 Å². The van der Waals surface area contributed by atoms with Crippen molar-refractivity contribution in [3.63, 3.8) is 0 Å². The van der Waals surface area contributed by atoms with Gasteiger partial charge in [-0.2, -0.15) is 0 Å². The number of carbonyl (C=O) groups is 3. The van der Waals surface area contributed by atoms with E-state index in [1.807, 2.05) is 0 Å². The van der Waals surface area contributed by atoms with Gasteiger partial charge >= 0.3 is 11.9 Å². The Bertz CT molecular complexity index is 572. The maximum atomic E-state index is 11.8. The summed E-state index contributed by atoms with van der Waals surface area (Å²) >= 11 is 0. The summed E-state index contributed by atoms with van der Waals surface area (Å²) in [5.41, 5.74) is 0.102. The molecule has 1 aromatic carbocycles. The Morgan fingerprint density at radius 3 is 2.38 bits per heavy atom. The number of hydrogen-bond donors (Lipinski definition) is 2. The zero-order valence-corrected chi connectivity index (χ0v) is 12.5. The molecule has 0 atom stereocenters. The van der Waals surface area contributed by atoms with Gasteiger partial charge in [0.15, 0.2) is 0 Å². The predicted octanol–water partition coefficient (Wildman–Crippen LogP) is 2.36. The minimum atomic E-state index is -1.15. The first kappa shape index (κ1) is 16.7. The van der Waals surface area contributed by atoms with Gasteiger partial charge in [-0.25, -0.2) is 4.79 Å². The number of rotatable bonds is 4. The van der Waals surface area contributed by atoms with Crippen LogP contribution in [0.3, 0.4) is 0 Å². The Morgan fingerprint density at radius 1 is 1.24 bits per heavy atom. The van der Waals surface area contributed by atoms with Crippen molar-refractivity contribution < 1.29 is 24.2 Å². The van der Waals surface area contributed by atoms with Crippen LogP contribution in [0.15, 0.2) is 18.2 Å². The van der Waals surface area contributed by atoms with Crippen LogP contribution in [-0.4, -0.2) is 28.6 Å². The van der Waals surface area contributed by atoms with E-state index in [0.29, 0.717) is 5.56 Å². The monoisotopic (exact) mass is 293 g/mol. The molecule has 0 bridgehead atoms. The molecule has 0 aliphatic rings. The van der Waals surface area contributed by atoms with E-state index < -0.39 is 29.9 Å². The van der Waals surface area contributed by atoms with Crippen LogP contribution in [-0.2, 0) is 14.3 Å². The van der Waals surface area contributed by atoms with Crippen molar-refractivity contribution in [3.8, 4) is 0 Å². The Balaban J connectivity index is 2.81. The summed E-state index contributed by atoms with van der Waals surface area (Å²) in [5, 5.41) is 11.6. The molecule has 0 saturated heterocycles. The second kappa shape index (κ2) is 6.39. The molecule has 6 nitrogen and oxygen atoms in total. The number of anilines is 1. The molecule has 0 fully saturated rings. The summed E-state index contributed by atoms with van der Waals surface area (Å²) in [6.07, 6.45) is -0.468. The molecule has 0 aromatic heterocycles. The number of para-hydroxylation sites is 1. The number of carbonyl (C=O) groups excluding carboxylic acids is 2. The average Bonchev–Trinajstić information content (AvgIpc) is 2.28. The fraction of sp³-hybridized carbons (Fsp3) is 0.400. The van der Waals surface area contributed by atoms with Gasteiger partial charge in [0.25, 0.3) is 0 Å². The number of carboxylic acid groups (broad SMARTS) is 1. The molecular weight excluding hydrogens is 274 g/mol. The molecule has 0 saturated carbocycles. The Kier molecular flexibility index (Phi) is 5.07. The van der Waals surface area contributed by atoms with Gasteiger partial charge in [0.05, 0.1) is 11.3 Å². The molecule has 0 spiro atoms. The van der Waals surface area contributed by atoms with Crippen molar-refractivity contribution >= 4 is 23.5 Å². The van der Waals surface area contributed by atoms with E-state index in [1.54, 1.807) is 39.8 Å². The normalized spacial score (nSPS) is 10.9. The molecule has 0 aliphatic carbocycles. The van der Waals surface area contributed by atoms with Crippen molar-refractivity contribution in [3.05, 3.63) is 29.3 Å². The van der Waals surface area contributed by atoms with Gasteiger partial charge < -0.3 is 15.2 Å². The van der Waals surface area contributed by atoms with Gasteiger partial charge in [0, 0.05) is 0 Å². The number of ether oxygens (including phenoxy) is 1. The first-order valence-electron chi connectivity index (χ1n) is 6.45. The van der Waals surface area contributed by atoms with Gasteiger partial charge in [-0.3, -0.25) is 9.59 Å². The van der Waals surface area contributed by atoms with Crippen LogP contribution >= 0.6 is 0 Å². The smallest absolute Gasteiger partial charge is 0.337 e. The second-order valence-corrected chi connectivity index (χ2v) is 5.61. The summed E-state index contributed by atoms with van der Waals surface area (Å²) in [6, 6.07) is 4.65. The van der Waals surface area contributed by atoms with Gasteiger partial charge in [0.1, 0.15) is 12.0 Å². The summed E-state index contributed by atoms with van der Waals surface area (Å²) < 4.78 is 5.04. The Morgan fingerprint density at radius 2 is 1.86 bits per heavy atom. The lowest BCUT2D eigenvalue weighted by atomic mass is 10.1. The molecule has 6 heteroatoms. The minimum Gasteiger partial charge on any atom is -0.478 e. The summed E-state index contributed by atoms with van der Waals surface area (Å²) in [7, 11) is 0. The van der Waals surface area contributed by atoms with Crippen LogP contribution in [0.1, 0.15) is 43.1 Å². The Labute approximate surface area is 123 Å². The lowest BCUT2D eigenvalue weighted by molar-refractivity contribution is -0.155.